The summed E-state index contributed by atoms with van der Waals surface area (Å²) in [5, 5.41) is 11.2. The van der Waals surface area contributed by atoms with Crippen molar-refractivity contribution in [3.63, 3.8) is 0 Å². The van der Waals surface area contributed by atoms with Crippen LogP contribution in [0.25, 0.3) is 0 Å². The van der Waals surface area contributed by atoms with E-state index in [1.807, 2.05) is 6.07 Å². The van der Waals surface area contributed by atoms with Crippen LogP contribution in [0.5, 0.6) is 0 Å². The first-order valence-electron chi connectivity index (χ1n) is 5.45. The molecule has 1 fully saturated rings. The second-order valence-corrected chi connectivity index (χ2v) is 4.03. The minimum atomic E-state index is -1.21. The van der Waals surface area contributed by atoms with Gasteiger partial charge in [-0.05, 0) is 5.56 Å². The molecule has 2 N–H and O–H groups in total. The molecule has 18 heavy (non-hydrogen) atoms. The van der Waals surface area contributed by atoms with Gasteiger partial charge in [0.15, 0.2) is 0 Å². The quantitative estimate of drug-likeness (QED) is 0.766. The summed E-state index contributed by atoms with van der Waals surface area (Å²) in [6, 6.07) is 8.00. The lowest BCUT2D eigenvalue weighted by Crippen LogP contribution is -2.43. The number of carboxylic acid groups (broad SMARTS) is 1. The molecule has 0 aromatic heterocycles. The van der Waals surface area contributed by atoms with E-state index in [1.54, 1.807) is 24.3 Å². The molecule has 1 saturated heterocycles. The SMILES string of the molecule is O=C1C[C@@H](N(Cc2ccccc2)C(=O)O)C(=O)N1. The Balaban J connectivity index is 2.17. The summed E-state index contributed by atoms with van der Waals surface area (Å²) in [7, 11) is 0. The van der Waals surface area contributed by atoms with Gasteiger partial charge in [-0.15, -0.1) is 0 Å². The average molecular weight is 248 g/mol. The van der Waals surface area contributed by atoms with Crippen LogP contribution in [0, 0.1) is 0 Å². The van der Waals surface area contributed by atoms with Gasteiger partial charge in [0.25, 0.3) is 0 Å². The van der Waals surface area contributed by atoms with Crippen LogP contribution in [0.3, 0.4) is 0 Å². The first kappa shape index (κ1) is 12.1. The number of imide groups is 1. The normalized spacial score (nSPS) is 18.6. The van der Waals surface area contributed by atoms with Crippen molar-refractivity contribution >= 4 is 17.9 Å². The van der Waals surface area contributed by atoms with Gasteiger partial charge in [-0.25, -0.2) is 4.79 Å². The third kappa shape index (κ3) is 2.48. The first-order chi connectivity index (χ1) is 8.58. The molecule has 0 bridgehead atoms. The van der Waals surface area contributed by atoms with Gasteiger partial charge in [0.05, 0.1) is 6.42 Å². The highest BCUT2D eigenvalue weighted by Gasteiger charge is 2.37. The molecule has 1 aromatic carbocycles. The summed E-state index contributed by atoms with van der Waals surface area (Å²) in [5.74, 6) is -0.998. The molecule has 6 heteroatoms. The van der Waals surface area contributed by atoms with E-state index in [4.69, 9.17) is 5.11 Å². The molecule has 1 aromatic rings. The van der Waals surface area contributed by atoms with Crippen LogP contribution in [0.1, 0.15) is 12.0 Å². The van der Waals surface area contributed by atoms with Crippen molar-refractivity contribution in [1.29, 1.82) is 0 Å². The van der Waals surface area contributed by atoms with Crippen LogP contribution < -0.4 is 5.32 Å². The summed E-state index contributed by atoms with van der Waals surface area (Å²) >= 11 is 0. The second-order valence-electron chi connectivity index (χ2n) is 4.03. The van der Waals surface area contributed by atoms with Crippen LogP contribution in [-0.4, -0.2) is 34.0 Å². The molecular weight excluding hydrogens is 236 g/mol. The number of carbonyl (C=O) groups is 3. The van der Waals surface area contributed by atoms with Crippen LogP contribution in [0.15, 0.2) is 30.3 Å². The highest BCUT2D eigenvalue weighted by Crippen LogP contribution is 2.15. The van der Waals surface area contributed by atoms with Crippen LogP contribution in [-0.2, 0) is 16.1 Å². The minimum Gasteiger partial charge on any atom is -0.465 e. The van der Waals surface area contributed by atoms with E-state index >= 15 is 0 Å². The number of nitrogens with zero attached hydrogens (tertiary/aromatic N) is 1. The molecule has 0 spiro atoms. The Labute approximate surface area is 103 Å². The van der Waals surface area contributed by atoms with E-state index in [-0.39, 0.29) is 13.0 Å². The molecule has 1 atom stereocenters. The van der Waals surface area contributed by atoms with Crippen molar-refractivity contribution in [3.05, 3.63) is 35.9 Å². The molecule has 0 unspecified atom stereocenters. The maximum absolute atomic E-state index is 11.5. The highest BCUT2D eigenvalue weighted by atomic mass is 16.4. The largest absolute Gasteiger partial charge is 0.465 e. The molecular formula is C12H12N2O4. The fraction of sp³-hybridized carbons (Fsp3) is 0.250. The topological polar surface area (TPSA) is 86.7 Å². The second kappa shape index (κ2) is 4.87. The lowest BCUT2D eigenvalue weighted by Gasteiger charge is -2.23. The maximum Gasteiger partial charge on any atom is 0.408 e. The van der Waals surface area contributed by atoms with Gasteiger partial charge in [0.2, 0.25) is 11.8 Å². The molecule has 2 rings (SSSR count). The zero-order valence-corrected chi connectivity index (χ0v) is 9.50. The Bertz CT molecular complexity index is 486. The predicted molar refractivity (Wildman–Crippen MR) is 61.6 cm³/mol. The molecule has 1 heterocycles. The average Bonchev–Trinajstić information content (AvgIpc) is 2.66. The van der Waals surface area contributed by atoms with Gasteiger partial charge in [-0.2, -0.15) is 0 Å². The zero-order chi connectivity index (χ0) is 13.1. The van der Waals surface area contributed by atoms with Gasteiger partial charge in [0.1, 0.15) is 6.04 Å². The minimum absolute atomic E-state index is 0.0849. The molecule has 0 saturated carbocycles. The highest BCUT2D eigenvalue weighted by molar-refractivity contribution is 6.06. The monoisotopic (exact) mass is 248 g/mol. The lowest BCUT2D eigenvalue weighted by molar-refractivity contribution is -0.126. The standard InChI is InChI=1S/C12H12N2O4/c15-10-6-9(11(16)13-10)14(12(17)18)7-8-4-2-1-3-5-8/h1-5,9H,6-7H2,(H,17,18)(H,13,15,16)/t9-/m1/s1. The van der Waals surface area contributed by atoms with Crippen molar-refractivity contribution in [2.75, 3.05) is 0 Å². The Hall–Kier alpha value is -2.37. The molecule has 0 aliphatic carbocycles. The van der Waals surface area contributed by atoms with Crippen LogP contribution >= 0.6 is 0 Å². The summed E-state index contributed by atoms with van der Waals surface area (Å²) in [6.07, 6.45) is -1.33. The van der Waals surface area contributed by atoms with E-state index in [2.05, 4.69) is 5.32 Å². The Morgan fingerprint density at radius 2 is 2.00 bits per heavy atom. The van der Waals surface area contributed by atoms with Crippen LogP contribution in [0.4, 0.5) is 4.79 Å². The van der Waals surface area contributed by atoms with Gasteiger partial charge < -0.3 is 5.11 Å². The summed E-state index contributed by atoms with van der Waals surface area (Å²) in [6.45, 7) is 0.0849. The van der Waals surface area contributed by atoms with Crippen molar-refractivity contribution in [3.8, 4) is 0 Å². The fourth-order valence-electron chi connectivity index (χ4n) is 1.88. The van der Waals surface area contributed by atoms with Crippen molar-refractivity contribution in [1.82, 2.24) is 10.2 Å². The molecule has 1 aliphatic heterocycles. The van der Waals surface area contributed by atoms with Gasteiger partial charge in [-0.1, -0.05) is 30.3 Å². The van der Waals surface area contributed by atoms with E-state index in [9.17, 15) is 14.4 Å². The molecule has 1 aliphatic rings. The zero-order valence-electron chi connectivity index (χ0n) is 9.50. The van der Waals surface area contributed by atoms with Crippen molar-refractivity contribution in [2.45, 2.75) is 19.0 Å². The number of amides is 3. The maximum atomic E-state index is 11.5. The van der Waals surface area contributed by atoms with Gasteiger partial charge in [-0.3, -0.25) is 19.8 Å². The van der Waals surface area contributed by atoms with Gasteiger partial charge >= 0.3 is 6.09 Å². The van der Waals surface area contributed by atoms with E-state index < -0.39 is 23.9 Å². The van der Waals surface area contributed by atoms with Crippen molar-refractivity contribution in [2.24, 2.45) is 0 Å². The van der Waals surface area contributed by atoms with E-state index in [0.29, 0.717) is 0 Å². The number of hydrogen-bond acceptors (Lipinski definition) is 3. The molecule has 0 radical (unpaired) electrons. The summed E-state index contributed by atoms with van der Waals surface area (Å²) in [5.41, 5.74) is 0.770. The number of nitrogens with one attached hydrogen (secondary N) is 1. The molecule has 94 valence electrons. The molecule has 6 nitrogen and oxygen atoms in total. The number of benzene rings is 1. The van der Waals surface area contributed by atoms with Crippen LogP contribution in [0.2, 0.25) is 0 Å². The Morgan fingerprint density at radius 1 is 1.33 bits per heavy atom. The predicted octanol–water partition coefficient (Wildman–Crippen LogP) is 0.582. The Kier molecular flexibility index (Phi) is 3.27. The number of carbonyl (C=O) groups excluding carboxylic acids is 2. The fourth-order valence-corrected chi connectivity index (χ4v) is 1.88. The van der Waals surface area contributed by atoms with Crippen molar-refractivity contribution < 1.29 is 19.5 Å². The summed E-state index contributed by atoms with van der Waals surface area (Å²) < 4.78 is 0. The Morgan fingerprint density at radius 3 is 2.50 bits per heavy atom. The number of hydrogen-bond donors (Lipinski definition) is 2. The lowest BCUT2D eigenvalue weighted by atomic mass is 10.1. The smallest absolute Gasteiger partial charge is 0.408 e. The van der Waals surface area contributed by atoms with E-state index in [0.717, 1.165) is 10.5 Å². The number of rotatable bonds is 3. The summed E-state index contributed by atoms with van der Waals surface area (Å²) in [4.78, 5) is 34.7. The third-order valence-electron chi connectivity index (χ3n) is 2.76. The first-order valence-corrected chi connectivity index (χ1v) is 5.45. The third-order valence-corrected chi connectivity index (χ3v) is 2.76. The van der Waals surface area contributed by atoms with E-state index in [1.165, 1.54) is 0 Å². The van der Waals surface area contributed by atoms with Gasteiger partial charge in [0, 0.05) is 6.54 Å². The molecule has 3 amide bonds.